The lowest BCUT2D eigenvalue weighted by molar-refractivity contribution is -0.136. The molecule has 5 amide bonds. The van der Waals surface area contributed by atoms with E-state index in [1.165, 1.54) is 12.1 Å². The minimum atomic E-state index is -0.619. The van der Waals surface area contributed by atoms with Crippen LogP contribution in [0.4, 0.5) is 28.0 Å². The second-order valence-corrected chi connectivity index (χ2v) is 43.5. The summed E-state index contributed by atoms with van der Waals surface area (Å²) in [6, 6.07) is 23.2. The summed E-state index contributed by atoms with van der Waals surface area (Å²) < 4.78 is 50.1. The Bertz CT molecular complexity index is 4790. The second kappa shape index (κ2) is 47.6. The van der Waals surface area contributed by atoms with E-state index in [2.05, 4.69) is 49.9 Å². The number of aliphatic hydroxyl groups is 4. The molecule has 6 aromatic rings. The zero-order valence-electron chi connectivity index (χ0n) is 82.4. The standard InChI is InChI=1S/C29H37ClF2N2O2.3C19H28ClNO3.C19H24ClNO3.CH4/c1-17-12-23(22(18(2)35)14-26(17)30)19-8-10-33(11-9-19)28(36)25-16-34(29(3,4)5)15-24(25)21-7-6-20(31)13-27(21)32;4*1-12-10-16(15(13(2)22)11-17(12)20)14-6-8-21(9-7-14)18(23)24-19(3,4)5;/h6-7,12-14,18-19,24-25,35H,8-11,15-16H2,1-5H3;3*10-11,13-14,22H,6-9H2,1-5H3;6,10-11H,7-9H2,1-5H3;1H4/t18-,24+,25?;3*13-;;/m1110../s1. The van der Waals surface area contributed by atoms with Gasteiger partial charge in [-0.25, -0.2) is 28.0 Å². The average Bonchev–Trinajstić information content (AvgIpc) is 1.65. The molecule has 736 valence electrons. The highest BCUT2D eigenvalue weighted by atomic mass is 35.5. The Labute approximate surface area is 816 Å². The summed E-state index contributed by atoms with van der Waals surface area (Å²) in [4.78, 5) is 85.5. The first-order valence-corrected chi connectivity index (χ1v) is 48.4. The first-order valence-electron chi connectivity index (χ1n) is 46.5. The van der Waals surface area contributed by atoms with Crippen molar-refractivity contribution in [3.05, 3.63) is 211 Å². The van der Waals surface area contributed by atoms with Gasteiger partial charge in [0.2, 0.25) is 5.91 Å². The van der Waals surface area contributed by atoms with Crippen LogP contribution in [0.2, 0.25) is 25.1 Å². The van der Waals surface area contributed by atoms with Gasteiger partial charge < -0.3 is 63.9 Å². The molecule has 6 heterocycles. The number of halogens is 7. The highest BCUT2D eigenvalue weighted by Crippen LogP contribution is 2.45. The third kappa shape index (κ3) is 32.0. The van der Waals surface area contributed by atoms with Crippen molar-refractivity contribution in [2.45, 2.75) is 320 Å². The molecule has 0 bridgehead atoms. The fourth-order valence-corrected chi connectivity index (χ4v) is 18.7. The number of hydrogen-bond donors (Lipinski definition) is 4. The molecule has 12 rings (SSSR count). The molecule has 6 atom stereocenters. The number of carbonyl (C=O) groups is 6. The molecule has 6 aromatic carbocycles. The number of ketones is 1. The van der Waals surface area contributed by atoms with E-state index in [1.54, 1.807) is 60.3 Å². The van der Waals surface area contributed by atoms with Crippen LogP contribution >= 0.6 is 58.0 Å². The van der Waals surface area contributed by atoms with Crippen LogP contribution in [-0.2, 0) is 23.7 Å². The van der Waals surface area contributed by atoms with Crippen LogP contribution < -0.4 is 0 Å². The summed E-state index contributed by atoms with van der Waals surface area (Å²) in [5.41, 5.74) is 14.0. The predicted molar refractivity (Wildman–Crippen MR) is 532 cm³/mol. The molecule has 6 aliphatic rings. The quantitative estimate of drug-likeness (QED) is 0.0658. The Morgan fingerprint density at radius 3 is 0.955 bits per heavy atom. The second-order valence-electron chi connectivity index (χ2n) is 41.5. The third-order valence-electron chi connectivity index (χ3n) is 25.1. The summed E-state index contributed by atoms with van der Waals surface area (Å²) in [7, 11) is 0. The molecular weight excluding hydrogens is 1800 g/mol. The predicted octanol–water partition coefficient (Wildman–Crippen LogP) is 26.2. The van der Waals surface area contributed by atoms with Crippen molar-refractivity contribution in [2.75, 3.05) is 78.5 Å². The van der Waals surface area contributed by atoms with Gasteiger partial charge in [0.15, 0.2) is 5.78 Å². The first kappa shape index (κ1) is 112. The number of amides is 5. The van der Waals surface area contributed by atoms with Gasteiger partial charge in [-0.05, 0) is 386 Å². The molecule has 6 aliphatic heterocycles. The number of Topliss-reactive ketones (excluding diaryl/α,β-unsaturated/α-hetero) is 1. The van der Waals surface area contributed by atoms with Crippen molar-refractivity contribution < 1.29 is 76.9 Å². The number of hydrogen-bond acceptors (Lipinski definition) is 15. The van der Waals surface area contributed by atoms with Gasteiger partial charge in [-0.3, -0.25) is 14.5 Å². The van der Waals surface area contributed by atoms with Gasteiger partial charge in [-0.2, -0.15) is 0 Å². The molecule has 0 aliphatic carbocycles. The lowest BCUT2D eigenvalue weighted by Crippen LogP contribution is -2.44. The largest absolute Gasteiger partial charge is 0.444 e. The molecule has 5 fully saturated rings. The van der Waals surface area contributed by atoms with E-state index < -0.39 is 58.5 Å². The maximum absolute atomic E-state index is 14.8. The van der Waals surface area contributed by atoms with Crippen LogP contribution in [0.25, 0.3) is 5.57 Å². The molecule has 0 aromatic heterocycles. The number of piperidine rings is 4. The van der Waals surface area contributed by atoms with Gasteiger partial charge >= 0.3 is 24.4 Å². The maximum atomic E-state index is 14.8. The Morgan fingerprint density at radius 1 is 0.391 bits per heavy atom. The van der Waals surface area contributed by atoms with Crippen molar-refractivity contribution in [3.63, 3.8) is 0 Å². The topological polar surface area (TPSA) is 240 Å². The van der Waals surface area contributed by atoms with E-state index in [-0.39, 0.29) is 66.8 Å². The monoisotopic (exact) mass is 1940 g/mol. The Hall–Kier alpha value is -7.61. The highest BCUT2D eigenvalue weighted by molar-refractivity contribution is 6.33. The summed E-state index contributed by atoms with van der Waals surface area (Å²) in [5, 5.41) is 43.8. The van der Waals surface area contributed by atoms with Crippen molar-refractivity contribution in [3.8, 4) is 0 Å². The number of aryl methyl sites for hydroxylation is 5. The number of ether oxygens (including phenoxy) is 4. The summed E-state index contributed by atoms with van der Waals surface area (Å²) in [5.74, 6) is -0.675. The molecule has 0 saturated carbocycles. The van der Waals surface area contributed by atoms with Crippen LogP contribution in [0.3, 0.4) is 0 Å². The van der Waals surface area contributed by atoms with Gasteiger partial charge in [0.25, 0.3) is 0 Å². The fourth-order valence-electron chi connectivity index (χ4n) is 17.8. The van der Waals surface area contributed by atoms with Crippen molar-refractivity contribution in [1.29, 1.82) is 0 Å². The van der Waals surface area contributed by atoms with Crippen LogP contribution in [0.15, 0.2) is 84.9 Å². The van der Waals surface area contributed by atoms with E-state index in [1.807, 2.05) is 159 Å². The van der Waals surface area contributed by atoms with Gasteiger partial charge in [-0.1, -0.05) is 102 Å². The lowest BCUT2D eigenvalue weighted by Gasteiger charge is -2.36. The molecule has 0 radical (unpaired) electrons. The summed E-state index contributed by atoms with van der Waals surface area (Å²) >= 11 is 31.1. The van der Waals surface area contributed by atoms with Crippen LogP contribution in [0.1, 0.15) is 352 Å². The minimum absolute atomic E-state index is 0. The normalized spacial score (nSPS) is 18.5. The summed E-state index contributed by atoms with van der Waals surface area (Å²) in [6.45, 7) is 54.5. The third-order valence-corrected chi connectivity index (χ3v) is 27.1. The van der Waals surface area contributed by atoms with Gasteiger partial charge in [0, 0.05) is 127 Å². The van der Waals surface area contributed by atoms with Gasteiger partial charge in [0.05, 0.1) is 30.3 Å². The molecule has 133 heavy (non-hydrogen) atoms. The first-order chi connectivity index (χ1) is 61.2. The van der Waals surface area contributed by atoms with Crippen LogP contribution in [0.5, 0.6) is 0 Å². The smallest absolute Gasteiger partial charge is 0.410 e. The minimum Gasteiger partial charge on any atom is -0.444 e. The molecular formula is C106H149Cl5F2N6O14. The van der Waals surface area contributed by atoms with Gasteiger partial charge in [-0.15, -0.1) is 0 Å². The Kier molecular flexibility index (Phi) is 40.3. The van der Waals surface area contributed by atoms with E-state index >= 15 is 0 Å². The molecule has 4 N–H and O–H groups in total. The van der Waals surface area contributed by atoms with E-state index in [0.29, 0.717) is 139 Å². The number of carbonyl (C=O) groups excluding carboxylic acids is 6. The maximum Gasteiger partial charge on any atom is 0.410 e. The van der Waals surface area contributed by atoms with Crippen molar-refractivity contribution >= 4 is 99.6 Å². The van der Waals surface area contributed by atoms with Crippen LogP contribution in [0, 0.1) is 52.2 Å². The Balaban J connectivity index is 0.000000229. The average molecular weight is 1950 g/mol. The number of rotatable bonds is 12. The van der Waals surface area contributed by atoms with E-state index in [0.717, 1.165) is 141 Å². The number of nitrogens with zero attached hydrogens (tertiary/aromatic N) is 6. The molecule has 20 nitrogen and oxygen atoms in total. The van der Waals surface area contributed by atoms with Crippen molar-refractivity contribution in [1.82, 2.24) is 29.4 Å². The fraction of sp³-hybridized carbons (Fsp3) is 0.585. The van der Waals surface area contributed by atoms with E-state index in [9.17, 15) is 58.0 Å². The molecule has 5 saturated heterocycles. The molecule has 0 spiro atoms. The number of aliphatic hydroxyl groups excluding tert-OH is 4. The highest BCUT2D eigenvalue weighted by Gasteiger charge is 2.46. The molecule has 1 unspecified atom stereocenters. The number of likely N-dealkylation sites (tertiary alicyclic amines) is 5. The SMILES string of the molecule is C.CC(=O)c1cc(Cl)c(C)cc1C1=CCN(C(=O)OC(C)(C)C)CC1.Cc1cc(C2CCN(C(=O)C3CN(C(C)(C)C)C[C@H]3c3ccc(F)cc3F)CC2)c([C@@H](C)O)cc1Cl.Cc1cc(C2CCN(C(=O)OC(C)(C)C)CC2)c([C@@H](C)O)cc1Cl.Cc1cc(C2CCN(C(=O)OC(C)(C)C)CC2)c([C@@H](C)O)cc1Cl.Cc1cc(C2CCN(C(=O)OC(C)(C)C)CC2)c([C@H](C)O)cc1Cl. The van der Waals surface area contributed by atoms with E-state index in [4.69, 9.17) is 77.0 Å². The summed E-state index contributed by atoms with van der Waals surface area (Å²) in [6.07, 6.45) is 6.09. The van der Waals surface area contributed by atoms with Gasteiger partial charge in [0.1, 0.15) is 34.0 Å². The Morgan fingerprint density at radius 2 is 0.684 bits per heavy atom. The lowest BCUT2D eigenvalue weighted by atomic mass is 9.83. The zero-order chi connectivity index (χ0) is 98.6. The molecule has 27 heteroatoms. The van der Waals surface area contributed by atoms with Crippen molar-refractivity contribution in [2.24, 2.45) is 5.92 Å². The van der Waals surface area contributed by atoms with Crippen LogP contribution in [-0.4, -0.2) is 192 Å². The number of benzene rings is 6. The zero-order valence-corrected chi connectivity index (χ0v) is 86.2.